The topological polar surface area (TPSA) is 130 Å². The van der Waals surface area contributed by atoms with Gasteiger partial charge in [-0.1, -0.05) is 24.4 Å². The van der Waals surface area contributed by atoms with Crippen molar-refractivity contribution in [2.45, 2.75) is 57.9 Å². The number of hydrogen-bond acceptors (Lipinski definition) is 8. The molecule has 7 rings (SSSR count). The normalized spacial score (nSPS) is 14.6. The van der Waals surface area contributed by atoms with Crippen LogP contribution in [0, 0.1) is 24.2 Å². The lowest BCUT2D eigenvalue weighted by Crippen LogP contribution is -2.25. The summed E-state index contributed by atoms with van der Waals surface area (Å²) in [5, 5.41) is 16.0. The summed E-state index contributed by atoms with van der Waals surface area (Å²) < 4.78 is 10.3. The number of ether oxygens (including phenoxy) is 1. The second-order valence-electron chi connectivity index (χ2n) is 12.4. The van der Waals surface area contributed by atoms with Crippen LogP contribution in [0.1, 0.15) is 72.6 Å². The molecule has 2 unspecified atom stereocenters. The molecule has 1 fully saturated rings. The number of nitriles is 1. The molecule has 1 aliphatic carbocycles. The number of carbonyl (C=O) groups is 2. The third-order valence-electron chi connectivity index (χ3n) is 9.64. The van der Waals surface area contributed by atoms with Crippen LogP contribution in [0.15, 0.2) is 73.4 Å². The van der Waals surface area contributed by atoms with Gasteiger partial charge in [-0.15, -0.1) is 0 Å². The van der Waals surface area contributed by atoms with Crippen LogP contribution in [0.4, 0.5) is 0 Å². The van der Waals surface area contributed by atoms with Gasteiger partial charge in [-0.25, -0.2) is 14.8 Å². The van der Waals surface area contributed by atoms with Crippen molar-refractivity contribution in [3.8, 4) is 23.1 Å². The van der Waals surface area contributed by atoms with Crippen molar-refractivity contribution in [3.63, 3.8) is 0 Å². The molecule has 12 heteroatoms. The number of hydrogen-bond donors (Lipinski definition) is 0. The molecule has 248 valence electrons. The number of halogens is 1. The molecule has 6 aromatic rings. The van der Waals surface area contributed by atoms with E-state index in [-0.39, 0.29) is 11.9 Å². The van der Waals surface area contributed by atoms with Gasteiger partial charge in [0, 0.05) is 45.0 Å². The van der Waals surface area contributed by atoms with Crippen molar-refractivity contribution >= 4 is 45.4 Å². The van der Waals surface area contributed by atoms with Crippen LogP contribution >= 0.6 is 11.6 Å². The van der Waals surface area contributed by atoms with E-state index in [2.05, 4.69) is 21.1 Å². The Kier molecular flexibility index (Phi) is 8.65. The third kappa shape index (κ3) is 5.82. The minimum absolute atomic E-state index is 0.0153. The molecule has 4 heterocycles. The molecule has 1 aliphatic rings. The number of nitrogens with zero attached hydrogens (tertiary/aromatic N) is 7. The molecule has 0 saturated heterocycles. The van der Waals surface area contributed by atoms with Crippen molar-refractivity contribution < 1.29 is 19.2 Å². The Bertz CT molecular complexity index is 2240. The largest absolute Gasteiger partial charge is 0.497 e. The standard InChI is InChI=1S/C37H34ClN7O4/c1-22(33-23(2)45(32-13-12-28(48-3)18-30(32)33)36(46)25-8-10-27(38)11-9-25)37(47)49-44-17-15-29-34(40-21-41-35(29)44)26-19-42-43(20-26)31(14-16-39)24-6-4-5-7-24/h8-13,15,17-22,24,31H,4-7,14H2,1-3H3. The molecule has 2 atom stereocenters. The van der Waals surface area contributed by atoms with Crippen molar-refractivity contribution in [2.24, 2.45) is 5.92 Å². The highest BCUT2D eigenvalue weighted by Crippen LogP contribution is 2.38. The summed E-state index contributed by atoms with van der Waals surface area (Å²) in [5.74, 6) is -0.530. The molecule has 4 aromatic heterocycles. The van der Waals surface area contributed by atoms with Gasteiger partial charge in [-0.3, -0.25) is 14.0 Å². The maximum atomic E-state index is 13.8. The second kappa shape index (κ2) is 13.2. The number of benzene rings is 2. The van der Waals surface area contributed by atoms with Gasteiger partial charge in [0.25, 0.3) is 5.91 Å². The Morgan fingerprint density at radius 1 is 1.08 bits per heavy atom. The highest BCUT2D eigenvalue weighted by Gasteiger charge is 2.30. The summed E-state index contributed by atoms with van der Waals surface area (Å²) in [5.41, 5.74) is 4.21. The van der Waals surface area contributed by atoms with Crippen LogP contribution in [0.2, 0.25) is 5.02 Å². The molecule has 0 radical (unpaired) electrons. The van der Waals surface area contributed by atoms with Crippen molar-refractivity contribution in [3.05, 3.63) is 95.3 Å². The summed E-state index contributed by atoms with van der Waals surface area (Å²) in [7, 11) is 1.57. The van der Waals surface area contributed by atoms with E-state index in [9.17, 15) is 14.9 Å². The van der Waals surface area contributed by atoms with Crippen LogP contribution in [0.25, 0.3) is 33.2 Å². The zero-order chi connectivity index (χ0) is 34.2. The number of methoxy groups -OCH3 is 1. The Hall–Kier alpha value is -5.47. The Morgan fingerprint density at radius 3 is 2.59 bits per heavy atom. The molecular formula is C37H34ClN7O4. The molecule has 11 nitrogen and oxygen atoms in total. The first kappa shape index (κ1) is 32.1. The number of carbonyl (C=O) groups excluding carboxylic acids is 2. The van der Waals surface area contributed by atoms with Crippen LogP contribution < -0.4 is 9.57 Å². The zero-order valence-corrected chi connectivity index (χ0v) is 28.1. The second-order valence-corrected chi connectivity index (χ2v) is 12.9. The van der Waals surface area contributed by atoms with E-state index in [4.69, 9.17) is 21.2 Å². The van der Waals surface area contributed by atoms with Crippen LogP contribution in [0.3, 0.4) is 0 Å². The van der Waals surface area contributed by atoms with Crippen molar-refractivity contribution in [1.82, 2.24) is 29.0 Å². The van der Waals surface area contributed by atoms with Crippen LogP contribution in [-0.2, 0) is 4.79 Å². The first-order chi connectivity index (χ1) is 23.8. The average molecular weight is 676 g/mol. The van der Waals surface area contributed by atoms with Gasteiger partial charge in [0.15, 0.2) is 5.65 Å². The summed E-state index contributed by atoms with van der Waals surface area (Å²) in [6, 6.07) is 16.3. The van der Waals surface area contributed by atoms with E-state index in [1.165, 1.54) is 23.9 Å². The highest BCUT2D eigenvalue weighted by atomic mass is 35.5. The van der Waals surface area contributed by atoms with Gasteiger partial charge in [0.05, 0.1) is 49.0 Å². The fourth-order valence-corrected chi connectivity index (χ4v) is 7.28. The van der Waals surface area contributed by atoms with Crippen molar-refractivity contribution in [2.75, 3.05) is 7.11 Å². The lowest BCUT2D eigenvalue weighted by molar-refractivity contribution is -0.145. The number of rotatable bonds is 9. The summed E-state index contributed by atoms with van der Waals surface area (Å²) in [6.45, 7) is 3.57. The van der Waals surface area contributed by atoms with E-state index in [0.29, 0.717) is 67.6 Å². The third-order valence-corrected chi connectivity index (χ3v) is 9.89. The summed E-state index contributed by atoms with van der Waals surface area (Å²) in [6.07, 6.45) is 11.7. The smallest absolute Gasteiger partial charge is 0.340 e. The Labute approximate surface area is 287 Å². The molecule has 0 amide bonds. The van der Waals surface area contributed by atoms with E-state index in [0.717, 1.165) is 18.4 Å². The molecule has 0 spiro atoms. The van der Waals surface area contributed by atoms with E-state index in [1.807, 2.05) is 29.9 Å². The van der Waals surface area contributed by atoms with Gasteiger partial charge in [0.1, 0.15) is 12.1 Å². The lowest BCUT2D eigenvalue weighted by atomic mass is 9.96. The summed E-state index contributed by atoms with van der Waals surface area (Å²) in [4.78, 5) is 42.5. The molecule has 49 heavy (non-hydrogen) atoms. The maximum absolute atomic E-state index is 13.8. The van der Waals surface area contributed by atoms with Gasteiger partial charge < -0.3 is 9.57 Å². The molecule has 0 aliphatic heterocycles. The fraction of sp³-hybridized carbons (Fsp3) is 0.297. The number of aromatic nitrogens is 6. The van der Waals surface area contributed by atoms with Crippen LogP contribution in [0.5, 0.6) is 5.75 Å². The fourth-order valence-electron chi connectivity index (χ4n) is 7.16. The maximum Gasteiger partial charge on any atom is 0.340 e. The predicted octanol–water partition coefficient (Wildman–Crippen LogP) is 7.31. The van der Waals surface area contributed by atoms with Crippen LogP contribution in [-0.4, -0.2) is 48.0 Å². The SMILES string of the molecule is COc1ccc2c(c1)c(C(C)C(=O)On1ccc3c(-c4cnn(C(CC#N)C5CCCC5)c4)ncnc31)c(C)n2C(=O)c1ccc(Cl)cc1. The van der Waals surface area contributed by atoms with E-state index < -0.39 is 11.9 Å². The monoisotopic (exact) mass is 675 g/mol. The minimum atomic E-state index is -0.765. The summed E-state index contributed by atoms with van der Waals surface area (Å²) >= 11 is 6.08. The zero-order valence-electron chi connectivity index (χ0n) is 27.3. The molecule has 1 saturated carbocycles. The van der Waals surface area contributed by atoms with Crippen molar-refractivity contribution in [1.29, 1.82) is 5.26 Å². The first-order valence-electron chi connectivity index (χ1n) is 16.2. The van der Waals surface area contributed by atoms with Gasteiger partial charge in [-0.2, -0.15) is 15.1 Å². The van der Waals surface area contributed by atoms with E-state index in [1.54, 1.807) is 67.4 Å². The molecule has 0 bridgehead atoms. The van der Waals surface area contributed by atoms with Gasteiger partial charge in [-0.05, 0) is 86.7 Å². The molecule has 2 aromatic carbocycles. The van der Waals surface area contributed by atoms with E-state index >= 15 is 0 Å². The Morgan fingerprint density at radius 2 is 1.86 bits per heavy atom. The Balaban J connectivity index is 1.20. The number of fused-ring (bicyclic) bond motifs is 2. The molecular weight excluding hydrogens is 642 g/mol. The lowest BCUT2D eigenvalue weighted by Gasteiger charge is -2.21. The van der Waals surface area contributed by atoms with Gasteiger partial charge in [0.2, 0.25) is 0 Å². The molecule has 0 N–H and O–H groups in total. The quantitative estimate of drug-likeness (QED) is 0.156. The predicted molar refractivity (Wildman–Crippen MR) is 184 cm³/mol. The minimum Gasteiger partial charge on any atom is -0.497 e. The average Bonchev–Trinajstić information content (AvgIpc) is 3.93. The first-order valence-corrected chi connectivity index (χ1v) is 16.6. The van der Waals surface area contributed by atoms with Gasteiger partial charge >= 0.3 is 5.97 Å². The highest BCUT2D eigenvalue weighted by molar-refractivity contribution is 6.30.